The second-order valence-corrected chi connectivity index (χ2v) is 18.4. The maximum absolute atomic E-state index is 10.7. The van der Waals surface area contributed by atoms with Gasteiger partial charge in [-0.15, -0.1) is 0 Å². The minimum absolute atomic E-state index is 0.153. The van der Waals surface area contributed by atoms with Crippen LogP contribution >= 0.6 is 0 Å². The molecular weight excluding hydrogens is 709 g/mol. The Balaban J connectivity index is 3.13. The fourth-order valence-electron chi connectivity index (χ4n) is 8.48. The van der Waals surface area contributed by atoms with E-state index >= 15 is 0 Å². The van der Waals surface area contributed by atoms with Gasteiger partial charge >= 0.3 is 0 Å². The zero-order valence-electron chi connectivity index (χ0n) is 39.2. The van der Waals surface area contributed by atoms with E-state index in [4.69, 9.17) is 11.5 Å². The van der Waals surface area contributed by atoms with Crippen LogP contribution < -0.4 is 11.5 Å². The smallest absolute Gasteiger partial charge is 0.217 e. The summed E-state index contributed by atoms with van der Waals surface area (Å²) in [5, 5.41) is 0. The summed E-state index contributed by atoms with van der Waals surface area (Å²) in [6.45, 7) is 0. The van der Waals surface area contributed by atoms with Crippen LogP contribution in [0.2, 0.25) is 0 Å². The predicted octanol–water partition coefficient (Wildman–Crippen LogP) is 17.8. The Labute approximate surface area is 364 Å². The van der Waals surface area contributed by atoms with Crippen LogP contribution in [0, 0.1) is 0 Å². The number of carbonyl (C=O) groups is 2. The van der Waals surface area contributed by atoms with E-state index in [-0.39, 0.29) is 11.8 Å². The fraction of sp³-hybridized carbons (Fsp3) is 0.889. The van der Waals surface area contributed by atoms with E-state index in [0.29, 0.717) is 12.8 Å². The van der Waals surface area contributed by atoms with Gasteiger partial charge in [-0.3, -0.25) is 9.59 Å². The summed E-state index contributed by atoms with van der Waals surface area (Å²) in [7, 11) is 0. The Morgan fingerprint density at radius 1 is 0.207 bits per heavy atom. The van der Waals surface area contributed by atoms with E-state index in [0.717, 1.165) is 25.7 Å². The van der Waals surface area contributed by atoms with Crippen LogP contribution in [-0.4, -0.2) is 11.8 Å². The third-order valence-corrected chi connectivity index (χ3v) is 12.4. The molecule has 0 radical (unpaired) electrons. The molecule has 0 aliphatic heterocycles. The summed E-state index contributed by atoms with van der Waals surface area (Å²) in [5.41, 5.74) is 10.4. The zero-order valence-corrected chi connectivity index (χ0v) is 39.2. The fourth-order valence-corrected chi connectivity index (χ4v) is 8.48. The molecule has 4 N–H and O–H groups in total. The average molecular weight is 813 g/mol. The molecular formula is C54H104N2O2. The van der Waals surface area contributed by atoms with Gasteiger partial charge in [-0.05, 0) is 64.2 Å². The summed E-state index contributed by atoms with van der Waals surface area (Å²) in [6.07, 6.45) is 73.8. The van der Waals surface area contributed by atoms with Crippen LogP contribution in [0.5, 0.6) is 0 Å². The van der Waals surface area contributed by atoms with Crippen molar-refractivity contribution in [3.05, 3.63) is 24.3 Å². The van der Waals surface area contributed by atoms with Gasteiger partial charge in [0.25, 0.3) is 0 Å². The summed E-state index contributed by atoms with van der Waals surface area (Å²) in [5.74, 6) is -0.306. The van der Waals surface area contributed by atoms with Crippen molar-refractivity contribution in [3.63, 3.8) is 0 Å². The third kappa shape index (κ3) is 54.4. The number of allylic oxidation sites excluding steroid dienone is 4. The molecule has 0 atom stereocenters. The quantitative estimate of drug-likeness (QED) is 0.0473. The molecule has 0 bridgehead atoms. The van der Waals surface area contributed by atoms with Crippen LogP contribution in [-0.2, 0) is 9.59 Å². The van der Waals surface area contributed by atoms with Crippen molar-refractivity contribution in [3.8, 4) is 0 Å². The van der Waals surface area contributed by atoms with E-state index in [1.54, 1.807) is 0 Å². The maximum atomic E-state index is 10.7. The van der Waals surface area contributed by atoms with Crippen molar-refractivity contribution in [2.75, 3.05) is 0 Å². The molecule has 0 aromatic rings. The molecule has 342 valence electrons. The Morgan fingerprint density at radius 2 is 0.328 bits per heavy atom. The predicted molar refractivity (Wildman–Crippen MR) is 258 cm³/mol. The average Bonchev–Trinajstić information content (AvgIpc) is 3.21. The standard InChI is InChI=1S/C54H104N2O2/c55-53(57)51-49-47-45-43-41-39-37-35-33-31-29-27-25-23-21-19-17-15-13-11-9-7-5-3-1-2-4-6-8-10-12-14-16-18-20-22-24-26-28-30-32-34-36-38-40-42-44-46-48-50-52-54(56)58/h23-26H,1-22,27-52H2,(H2,55,57)(H2,56,58)/b25-23-,26-24-. The molecule has 58 heavy (non-hydrogen) atoms. The number of amides is 2. The molecule has 0 aliphatic rings. The molecule has 0 heterocycles. The van der Waals surface area contributed by atoms with Gasteiger partial charge in [-0.1, -0.05) is 255 Å². The number of hydrogen-bond donors (Lipinski definition) is 2. The molecule has 0 spiro atoms. The van der Waals surface area contributed by atoms with Crippen LogP contribution in [0.1, 0.15) is 308 Å². The van der Waals surface area contributed by atoms with Gasteiger partial charge in [0.15, 0.2) is 0 Å². The van der Waals surface area contributed by atoms with Gasteiger partial charge in [-0.2, -0.15) is 0 Å². The summed E-state index contributed by atoms with van der Waals surface area (Å²) in [4.78, 5) is 21.5. The normalized spacial score (nSPS) is 11.8. The Morgan fingerprint density at radius 3 is 0.466 bits per heavy atom. The van der Waals surface area contributed by atoms with E-state index < -0.39 is 0 Å². The molecule has 0 saturated carbocycles. The van der Waals surface area contributed by atoms with Crippen molar-refractivity contribution < 1.29 is 9.59 Å². The highest BCUT2D eigenvalue weighted by atomic mass is 16.1. The number of hydrogen-bond acceptors (Lipinski definition) is 2. The lowest BCUT2D eigenvalue weighted by Crippen LogP contribution is -2.09. The molecule has 0 aromatic heterocycles. The van der Waals surface area contributed by atoms with E-state index in [2.05, 4.69) is 24.3 Å². The third-order valence-electron chi connectivity index (χ3n) is 12.4. The molecule has 4 heteroatoms. The highest BCUT2D eigenvalue weighted by molar-refractivity contribution is 5.73. The lowest BCUT2D eigenvalue weighted by Gasteiger charge is -2.04. The van der Waals surface area contributed by atoms with Crippen LogP contribution in [0.3, 0.4) is 0 Å². The Hall–Kier alpha value is -1.58. The molecule has 2 amide bonds. The highest BCUT2D eigenvalue weighted by Crippen LogP contribution is 2.17. The number of primary amides is 2. The topological polar surface area (TPSA) is 86.2 Å². The number of unbranched alkanes of at least 4 members (excludes halogenated alkanes) is 43. The Bertz CT molecular complexity index is 797. The van der Waals surface area contributed by atoms with Crippen LogP contribution in [0.25, 0.3) is 0 Å². The first-order chi connectivity index (χ1) is 28.6. The molecule has 0 aliphatic carbocycles. The summed E-state index contributed by atoms with van der Waals surface area (Å²) >= 11 is 0. The highest BCUT2D eigenvalue weighted by Gasteiger charge is 1.99. The lowest BCUT2D eigenvalue weighted by molar-refractivity contribution is -0.119. The van der Waals surface area contributed by atoms with Gasteiger partial charge in [-0.25, -0.2) is 0 Å². The minimum atomic E-state index is -0.153. The van der Waals surface area contributed by atoms with Crippen molar-refractivity contribution >= 4 is 11.8 Å². The molecule has 0 saturated heterocycles. The van der Waals surface area contributed by atoms with E-state index in [1.807, 2.05) is 0 Å². The molecule has 0 aromatic carbocycles. The van der Waals surface area contributed by atoms with E-state index in [1.165, 1.54) is 270 Å². The first kappa shape index (κ1) is 56.4. The van der Waals surface area contributed by atoms with Crippen molar-refractivity contribution in [2.24, 2.45) is 11.5 Å². The van der Waals surface area contributed by atoms with E-state index in [9.17, 15) is 9.59 Å². The first-order valence-corrected chi connectivity index (χ1v) is 26.5. The second kappa shape index (κ2) is 51.6. The molecule has 4 nitrogen and oxygen atoms in total. The SMILES string of the molecule is NC(=O)CCCCCCCCCCCCC/C=C\CCCCCCCCCCCCCCCCCCCCCC/C=C\CCCCCCCCCCCCCC(N)=O. The molecule has 0 rings (SSSR count). The number of nitrogens with two attached hydrogens (primary N) is 2. The number of rotatable bonds is 51. The van der Waals surface area contributed by atoms with Crippen molar-refractivity contribution in [1.82, 2.24) is 0 Å². The summed E-state index contributed by atoms with van der Waals surface area (Å²) in [6, 6.07) is 0. The number of carbonyl (C=O) groups excluding carboxylic acids is 2. The van der Waals surface area contributed by atoms with Gasteiger partial charge in [0, 0.05) is 12.8 Å². The van der Waals surface area contributed by atoms with Gasteiger partial charge < -0.3 is 11.5 Å². The van der Waals surface area contributed by atoms with Gasteiger partial charge in [0.1, 0.15) is 0 Å². The Kier molecular flexibility index (Phi) is 50.2. The zero-order chi connectivity index (χ0) is 41.9. The van der Waals surface area contributed by atoms with Crippen LogP contribution in [0.15, 0.2) is 24.3 Å². The van der Waals surface area contributed by atoms with Crippen molar-refractivity contribution in [1.29, 1.82) is 0 Å². The van der Waals surface area contributed by atoms with Crippen LogP contribution in [0.4, 0.5) is 0 Å². The van der Waals surface area contributed by atoms with Gasteiger partial charge in [0.05, 0.1) is 0 Å². The van der Waals surface area contributed by atoms with Gasteiger partial charge in [0.2, 0.25) is 11.8 Å². The largest absolute Gasteiger partial charge is 0.370 e. The molecule has 0 fully saturated rings. The first-order valence-electron chi connectivity index (χ1n) is 26.5. The second-order valence-electron chi connectivity index (χ2n) is 18.4. The minimum Gasteiger partial charge on any atom is -0.370 e. The lowest BCUT2D eigenvalue weighted by atomic mass is 10.0. The molecule has 0 unspecified atom stereocenters. The summed E-state index contributed by atoms with van der Waals surface area (Å²) < 4.78 is 0. The van der Waals surface area contributed by atoms with Crippen molar-refractivity contribution in [2.45, 2.75) is 308 Å². The maximum Gasteiger partial charge on any atom is 0.217 e. The monoisotopic (exact) mass is 813 g/mol.